The van der Waals surface area contributed by atoms with Gasteiger partial charge in [0.2, 0.25) is 0 Å². The van der Waals surface area contributed by atoms with Gasteiger partial charge in [-0.1, -0.05) is 35.4 Å². The Bertz CT molecular complexity index is 329. The van der Waals surface area contributed by atoms with Crippen molar-refractivity contribution < 1.29 is 42.2 Å². The summed E-state index contributed by atoms with van der Waals surface area (Å²) in [5.41, 5.74) is 8.46. The van der Waals surface area contributed by atoms with Crippen LogP contribution in [-0.2, 0) is 32.7 Å². The quantitative estimate of drug-likeness (QED) is 0.514. The van der Waals surface area contributed by atoms with Crippen LogP contribution in [0.2, 0.25) is 0 Å². The van der Waals surface area contributed by atoms with Crippen LogP contribution < -0.4 is 0 Å². The maximum absolute atomic E-state index is 13.2. The van der Waals surface area contributed by atoms with Crippen LogP contribution in [0.25, 0.3) is 10.4 Å². The van der Waals surface area contributed by atoms with Crippen LogP contribution in [0.15, 0.2) is 35.4 Å². The summed E-state index contributed by atoms with van der Waals surface area (Å²) in [6, 6.07) is 8.43. The van der Waals surface area contributed by atoms with Crippen molar-refractivity contribution >= 4 is 0 Å². The van der Waals surface area contributed by atoms with Crippen LogP contribution in [0.1, 0.15) is 11.7 Å². The molecule has 0 aliphatic rings. The fourth-order valence-corrected chi connectivity index (χ4v) is 1.07. The molecule has 0 fully saturated rings. The molecule has 1 N–H and O–H groups in total. The number of azide groups is 1. The third kappa shape index (κ3) is 4.71. The van der Waals surface area contributed by atoms with E-state index in [0.29, 0.717) is 5.56 Å². The molecule has 0 heterocycles. The molecule has 15 heavy (non-hydrogen) atoms. The summed E-state index contributed by atoms with van der Waals surface area (Å²) in [6.45, 7) is -0.355. The molecule has 1 rings (SSSR count). The first-order valence-corrected chi connectivity index (χ1v) is 4.13. The van der Waals surface area contributed by atoms with Crippen molar-refractivity contribution in [2.24, 2.45) is 5.11 Å². The number of nitrogens with zero attached hydrogens (tertiary/aromatic N) is 3. The van der Waals surface area contributed by atoms with Crippen molar-refractivity contribution in [1.29, 1.82) is 0 Å². The van der Waals surface area contributed by atoms with Gasteiger partial charge in [-0.15, -0.1) is 0 Å². The van der Waals surface area contributed by atoms with E-state index in [9.17, 15) is 9.50 Å². The normalized spacial score (nSPS) is 13.2. The number of alkyl halides is 1. The molecule has 0 saturated heterocycles. The molecule has 0 unspecified atom stereocenters. The number of rotatable bonds is 4. The number of hydrogen-bond donors (Lipinski definition) is 1. The molecule has 4 nitrogen and oxygen atoms in total. The van der Waals surface area contributed by atoms with Crippen LogP contribution in [0.4, 0.5) is 4.39 Å². The van der Waals surface area contributed by atoms with Crippen molar-refractivity contribution in [1.82, 2.24) is 0 Å². The zero-order chi connectivity index (χ0) is 10.4. The Labute approximate surface area is 112 Å². The summed E-state index contributed by atoms with van der Waals surface area (Å²) < 4.78 is 13.2. The van der Waals surface area contributed by atoms with E-state index >= 15 is 0 Å². The van der Waals surface area contributed by atoms with E-state index < -0.39 is 12.3 Å². The van der Waals surface area contributed by atoms with Gasteiger partial charge in [0, 0.05) is 37.6 Å². The summed E-state index contributed by atoms with van der Waals surface area (Å²) in [5.74, 6) is 0. The first-order valence-electron chi connectivity index (χ1n) is 4.13. The Morgan fingerprint density at radius 2 is 2.00 bits per heavy atom. The Morgan fingerprint density at radius 1 is 1.40 bits per heavy atom. The van der Waals surface area contributed by atoms with Crippen molar-refractivity contribution in [3.8, 4) is 0 Å². The minimum atomic E-state index is -1.56. The molecule has 1 radical (unpaired) electrons. The van der Waals surface area contributed by atoms with E-state index in [4.69, 9.17) is 5.53 Å². The van der Waals surface area contributed by atoms with Gasteiger partial charge in [-0.2, -0.15) is 0 Å². The standard InChI is InChI=1S/C9H10FN3O.Y/c10-8(6-12-13-11)9(14)7-4-2-1-3-5-7;/h1-5,8-9,14H,6H2;/t8-,9+;/m1./s1. The van der Waals surface area contributed by atoms with Crippen LogP contribution in [0, 0.1) is 0 Å². The molecule has 0 spiro atoms. The number of hydrogen-bond acceptors (Lipinski definition) is 2. The molecule has 0 amide bonds. The zero-order valence-electron chi connectivity index (χ0n) is 7.99. The summed E-state index contributed by atoms with van der Waals surface area (Å²) in [4.78, 5) is 2.43. The topological polar surface area (TPSA) is 69.0 Å². The molecule has 1 aromatic carbocycles. The predicted molar refractivity (Wildman–Crippen MR) is 50.3 cm³/mol. The fourth-order valence-electron chi connectivity index (χ4n) is 1.07. The second kappa shape index (κ2) is 7.77. The summed E-state index contributed by atoms with van der Waals surface area (Å²) in [7, 11) is 0. The van der Waals surface area contributed by atoms with E-state index in [1.807, 2.05) is 0 Å². The molecule has 6 heteroatoms. The number of aliphatic hydroxyl groups is 1. The Hall–Kier alpha value is -0.476. The van der Waals surface area contributed by atoms with Crippen LogP contribution in [0.3, 0.4) is 0 Å². The van der Waals surface area contributed by atoms with Crippen LogP contribution in [0.5, 0.6) is 0 Å². The average Bonchev–Trinajstić information content (AvgIpc) is 2.26. The van der Waals surface area contributed by atoms with Gasteiger partial charge in [0.1, 0.15) is 12.3 Å². The maximum Gasteiger partial charge on any atom is 0.136 e. The molecule has 0 bridgehead atoms. The maximum atomic E-state index is 13.2. The van der Waals surface area contributed by atoms with E-state index in [1.165, 1.54) is 0 Å². The van der Waals surface area contributed by atoms with Crippen LogP contribution in [-0.4, -0.2) is 17.8 Å². The van der Waals surface area contributed by atoms with Crippen LogP contribution >= 0.6 is 0 Å². The fraction of sp³-hybridized carbons (Fsp3) is 0.333. The molecule has 2 atom stereocenters. The minimum Gasteiger partial charge on any atom is -0.385 e. The van der Waals surface area contributed by atoms with Crippen molar-refractivity contribution in [3.05, 3.63) is 46.3 Å². The third-order valence-electron chi connectivity index (χ3n) is 1.80. The van der Waals surface area contributed by atoms with Crippen molar-refractivity contribution in [2.75, 3.05) is 6.54 Å². The molecule has 0 aliphatic carbocycles. The van der Waals surface area contributed by atoms with E-state index in [1.54, 1.807) is 30.3 Å². The van der Waals surface area contributed by atoms with Gasteiger partial charge >= 0.3 is 0 Å². The summed E-state index contributed by atoms with van der Waals surface area (Å²) in [5, 5.41) is 12.5. The zero-order valence-corrected chi connectivity index (χ0v) is 10.8. The molecular formula is C9H10FN3OY. The van der Waals surface area contributed by atoms with Crippen molar-refractivity contribution in [2.45, 2.75) is 12.3 Å². The third-order valence-corrected chi connectivity index (χ3v) is 1.80. The van der Waals surface area contributed by atoms with Gasteiger partial charge in [-0.3, -0.25) is 0 Å². The monoisotopic (exact) mass is 284 g/mol. The summed E-state index contributed by atoms with van der Waals surface area (Å²) in [6.07, 6.45) is -2.80. The Morgan fingerprint density at radius 3 is 2.53 bits per heavy atom. The van der Waals surface area contributed by atoms with E-state index in [0.717, 1.165) is 0 Å². The van der Waals surface area contributed by atoms with Crippen molar-refractivity contribution in [3.63, 3.8) is 0 Å². The number of halogens is 1. The molecule has 77 valence electrons. The second-order valence-electron chi connectivity index (χ2n) is 2.78. The largest absolute Gasteiger partial charge is 0.385 e. The van der Waals surface area contributed by atoms with E-state index in [2.05, 4.69) is 10.0 Å². The molecule has 1 aromatic rings. The van der Waals surface area contributed by atoms with E-state index in [-0.39, 0.29) is 39.3 Å². The average molecular weight is 284 g/mol. The second-order valence-corrected chi connectivity index (χ2v) is 2.78. The van der Waals surface area contributed by atoms with Gasteiger partial charge in [0.15, 0.2) is 0 Å². The summed E-state index contributed by atoms with van der Waals surface area (Å²) >= 11 is 0. The van der Waals surface area contributed by atoms with Gasteiger partial charge in [0.05, 0.1) is 6.54 Å². The Kier molecular flexibility index (Phi) is 7.52. The number of benzene rings is 1. The van der Waals surface area contributed by atoms with Gasteiger partial charge in [-0.25, -0.2) is 4.39 Å². The molecule has 0 saturated carbocycles. The SMILES string of the molecule is [N-]=[N+]=NC[C@@H](F)[C@@H](O)c1ccccc1.[Y]. The predicted octanol–water partition coefficient (Wildman–Crippen LogP) is 2.37. The smallest absolute Gasteiger partial charge is 0.136 e. The van der Waals surface area contributed by atoms with Gasteiger partial charge in [-0.05, 0) is 11.1 Å². The molecular weight excluding hydrogens is 274 g/mol. The molecule has 0 aromatic heterocycles. The minimum absolute atomic E-state index is 0. The Balaban J connectivity index is 0.00000196. The van der Waals surface area contributed by atoms with Gasteiger partial charge in [0.25, 0.3) is 0 Å². The number of aliphatic hydroxyl groups excluding tert-OH is 1. The molecule has 0 aliphatic heterocycles. The first-order chi connectivity index (χ1) is 6.75. The first kappa shape index (κ1) is 14.5. The van der Waals surface area contributed by atoms with Gasteiger partial charge < -0.3 is 5.11 Å².